The lowest BCUT2D eigenvalue weighted by Gasteiger charge is -2.07. The van der Waals surface area contributed by atoms with Gasteiger partial charge >= 0.3 is 0 Å². The first kappa shape index (κ1) is 10.7. The lowest BCUT2D eigenvalue weighted by molar-refractivity contribution is 0.0655. The second kappa shape index (κ2) is 4.72. The number of ether oxygens (including phenoxy) is 1. The first-order valence-electron chi connectivity index (χ1n) is 4.14. The highest BCUT2D eigenvalue weighted by Crippen LogP contribution is 2.15. The van der Waals surface area contributed by atoms with E-state index in [1.807, 2.05) is 19.9 Å². The first-order valence-corrected chi connectivity index (χ1v) is 4.94. The number of rotatable bonds is 3. The number of benzene rings is 1. The van der Waals surface area contributed by atoms with E-state index in [1.165, 1.54) is 12.1 Å². The molecule has 0 amide bonds. The van der Waals surface area contributed by atoms with E-state index in [1.54, 1.807) is 0 Å². The average Bonchev–Trinajstić information content (AvgIpc) is 1.99. The fourth-order valence-corrected chi connectivity index (χ4v) is 1.47. The van der Waals surface area contributed by atoms with Gasteiger partial charge in [-0.2, -0.15) is 0 Å². The molecule has 0 aliphatic heterocycles. The van der Waals surface area contributed by atoms with E-state index in [4.69, 9.17) is 4.74 Å². The molecular weight excluding hydrogens is 235 g/mol. The first-order chi connectivity index (χ1) is 6.08. The summed E-state index contributed by atoms with van der Waals surface area (Å²) >= 11 is 3.22. The fraction of sp³-hybridized carbons (Fsp3) is 0.400. The van der Waals surface area contributed by atoms with Crippen molar-refractivity contribution in [2.24, 2.45) is 0 Å². The van der Waals surface area contributed by atoms with Crippen molar-refractivity contribution in [2.45, 2.75) is 26.6 Å². The predicted molar refractivity (Wildman–Crippen MR) is 54.0 cm³/mol. The van der Waals surface area contributed by atoms with Crippen molar-refractivity contribution in [3.63, 3.8) is 0 Å². The summed E-state index contributed by atoms with van der Waals surface area (Å²) in [6.07, 6.45) is 0.169. The zero-order valence-electron chi connectivity index (χ0n) is 7.68. The molecule has 0 fully saturated rings. The third kappa shape index (κ3) is 3.87. The van der Waals surface area contributed by atoms with Crippen LogP contribution in [0.4, 0.5) is 4.39 Å². The molecule has 0 atom stereocenters. The average molecular weight is 247 g/mol. The van der Waals surface area contributed by atoms with Gasteiger partial charge in [0.2, 0.25) is 0 Å². The molecule has 13 heavy (non-hydrogen) atoms. The van der Waals surface area contributed by atoms with Gasteiger partial charge in [0, 0.05) is 4.47 Å². The summed E-state index contributed by atoms with van der Waals surface area (Å²) in [7, 11) is 0. The SMILES string of the molecule is CC(C)OCc1cc(F)cc(Br)c1. The third-order valence-electron chi connectivity index (χ3n) is 1.51. The molecule has 0 saturated heterocycles. The zero-order valence-corrected chi connectivity index (χ0v) is 9.27. The van der Waals surface area contributed by atoms with Crippen molar-refractivity contribution >= 4 is 15.9 Å². The second-order valence-electron chi connectivity index (χ2n) is 3.14. The van der Waals surface area contributed by atoms with Crippen LogP contribution in [-0.2, 0) is 11.3 Å². The number of halogens is 2. The predicted octanol–water partition coefficient (Wildman–Crippen LogP) is 3.51. The van der Waals surface area contributed by atoms with Crippen LogP contribution in [0.3, 0.4) is 0 Å². The molecule has 0 aliphatic carbocycles. The fourth-order valence-electron chi connectivity index (χ4n) is 0.957. The van der Waals surface area contributed by atoms with Crippen LogP contribution in [0.25, 0.3) is 0 Å². The Labute approximate surface area is 86.0 Å². The summed E-state index contributed by atoms with van der Waals surface area (Å²) in [4.78, 5) is 0. The molecule has 0 spiro atoms. The van der Waals surface area contributed by atoms with Gasteiger partial charge in [-0.15, -0.1) is 0 Å². The molecule has 0 heterocycles. The molecule has 0 radical (unpaired) electrons. The molecule has 0 saturated carbocycles. The smallest absolute Gasteiger partial charge is 0.124 e. The zero-order chi connectivity index (χ0) is 9.84. The topological polar surface area (TPSA) is 9.23 Å². The van der Waals surface area contributed by atoms with E-state index < -0.39 is 0 Å². The summed E-state index contributed by atoms with van der Waals surface area (Å²) in [5, 5.41) is 0. The lowest BCUT2D eigenvalue weighted by atomic mass is 10.2. The molecule has 0 aliphatic rings. The molecule has 0 unspecified atom stereocenters. The lowest BCUT2D eigenvalue weighted by Crippen LogP contribution is -2.02. The van der Waals surface area contributed by atoms with Crippen LogP contribution in [0.15, 0.2) is 22.7 Å². The van der Waals surface area contributed by atoms with Gasteiger partial charge in [-0.05, 0) is 37.6 Å². The molecule has 1 rings (SSSR count). The van der Waals surface area contributed by atoms with Crippen LogP contribution in [0.1, 0.15) is 19.4 Å². The normalized spacial score (nSPS) is 10.8. The Bertz CT molecular complexity index is 266. The van der Waals surface area contributed by atoms with Crippen LogP contribution in [-0.4, -0.2) is 6.10 Å². The van der Waals surface area contributed by atoms with Gasteiger partial charge in [0.25, 0.3) is 0 Å². The maximum atomic E-state index is 12.9. The second-order valence-corrected chi connectivity index (χ2v) is 4.05. The maximum absolute atomic E-state index is 12.9. The van der Waals surface area contributed by atoms with E-state index >= 15 is 0 Å². The summed E-state index contributed by atoms with van der Waals surface area (Å²) in [6, 6.07) is 4.76. The van der Waals surface area contributed by atoms with E-state index in [0.29, 0.717) is 6.61 Å². The minimum absolute atomic E-state index is 0.169. The van der Waals surface area contributed by atoms with Gasteiger partial charge in [0.15, 0.2) is 0 Å². The van der Waals surface area contributed by atoms with Gasteiger partial charge in [-0.3, -0.25) is 0 Å². The molecule has 1 nitrogen and oxygen atoms in total. The van der Waals surface area contributed by atoms with Gasteiger partial charge in [-0.25, -0.2) is 4.39 Å². The van der Waals surface area contributed by atoms with Crippen molar-refractivity contribution in [3.05, 3.63) is 34.1 Å². The molecule has 3 heteroatoms. The Kier molecular flexibility index (Phi) is 3.88. The highest BCUT2D eigenvalue weighted by Gasteiger charge is 2.00. The Morgan fingerprint density at radius 3 is 2.62 bits per heavy atom. The standard InChI is InChI=1S/C10H12BrFO/c1-7(2)13-6-8-3-9(11)5-10(12)4-8/h3-5,7H,6H2,1-2H3. The van der Waals surface area contributed by atoms with Gasteiger partial charge in [-0.1, -0.05) is 15.9 Å². The number of hydrogen-bond acceptors (Lipinski definition) is 1. The summed E-state index contributed by atoms with van der Waals surface area (Å²) in [5.74, 6) is -0.239. The Morgan fingerprint density at radius 2 is 2.08 bits per heavy atom. The van der Waals surface area contributed by atoms with Crippen LogP contribution >= 0.6 is 15.9 Å². The molecule has 0 N–H and O–H groups in total. The highest BCUT2D eigenvalue weighted by molar-refractivity contribution is 9.10. The van der Waals surface area contributed by atoms with Gasteiger partial charge in [0.05, 0.1) is 12.7 Å². The molecule has 0 aromatic heterocycles. The van der Waals surface area contributed by atoms with Crippen molar-refractivity contribution in [2.75, 3.05) is 0 Å². The van der Waals surface area contributed by atoms with E-state index in [2.05, 4.69) is 15.9 Å². The minimum Gasteiger partial charge on any atom is -0.374 e. The Balaban J connectivity index is 2.66. The van der Waals surface area contributed by atoms with Crippen LogP contribution in [0.5, 0.6) is 0 Å². The molecule has 1 aromatic carbocycles. The number of hydrogen-bond donors (Lipinski definition) is 0. The van der Waals surface area contributed by atoms with Crippen molar-refractivity contribution in [3.8, 4) is 0 Å². The van der Waals surface area contributed by atoms with Crippen molar-refractivity contribution < 1.29 is 9.13 Å². The Hall–Kier alpha value is -0.410. The van der Waals surface area contributed by atoms with Crippen LogP contribution in [0.2, 0.25) is 0 Å². The molecule has 1 aromatic rings. The third-order valence-corrected chi connectivity index (χ3v) is 1.96. The Morgan fingerprint density at radius 1 is 1.38 bits per heavy atom. The molecule has 72 valence electrons. The van der Waals surface area contributed by atoms with E-state index in [0.717, 1.165) is 10.0 Å². The summed E-state index contributed by atoms with van der Waals surface area (Å²) in [6.45, 7) is 4.36. The monoisotopic (exact) mass is 246 g/mol. The quantitative estimate of drug-likeness (QED) is 0.794. The van der Waals surface area contributed by atoms with Gasteiger partial charge in [0.1, 0.15) is 5.82 Å². The maximum Gasteiger partial charge on any atom is 0.124 e. The van der Waals surface area contributed by atoms with E-state index in [-0.39, 0.29) is 11.9 Å². The van der Waals surface area contributed by atoms with Crippen molar-refractivity contribution in [1.82, 2.24) is 0 Å². The van der Waals surface area contributed by atoms with E-state index in [9.17, 15) is 4.39 Å². The largest absolute Gasteiger partial charge is 0.374 e. The van der Waals surface area contributed by atoms with Crippen LogP contribution < -0.4 is 0 Å². The highest BCUT2D eigenvalue weighted by atomic mass is 79.9. The minimum atomic E-state index is -0.239. The van der Waals surface area contributed by atoms with Gasteiger partial charge < -0.3 is 4.74 Å². The van der Waals surface area contributed by atoms with Crippen LogP contribution in [0, 0.1) is 5.82 Å². The molecule has 0 bridgehead atoms. The molecular formula is C10H12BrFO. The summed E-state index contributed by atoms with van der Waals surface area (Å²) < 4.78 is 19.0. The summed E-state index contributed by atoms with van der Waals surface area (Å²) in [5.41, 5.74) is 0.848. The van der Waals surface area contributed by atoms with Crippen molar-refractivity contribution in [1.29, 1.82) is 0 Å².